The standard InChI is InChI=1S/C12H16BrF/c1-8(2)12(13)9(3)10-5-4-6-11(14)7-10/h4-9,12H,1-3H3. The van der Waals surface area contributed by atoms with Crippen LogP contribution in [0.1, 0.15) is 32.3 Å². The minimum atomic E-state index is -0.155. The number of halogens is 2. The average molecular weight is 259 g/mol. The molecule has 2 heteroatoms. The van der Waals surface area contributed by atoms with Crippen molar-refractivity contribution >= 4 is 15.9 Å². The number of hydrogen-bond donors (Lipinski definition) is 0. The van der Waals surface area contributed by atoms with Gasteiger partial charge >= 0.3 is 0 Å². The zero-order valence-corrected chi connectivity index (χ0v) is 10.4. The van der Waals surface area contributed by atoms with Crippen molar-refractivity contribution in [3.63, 3.8) is 0 Å². The van der Waals surface area contributed by atoms with E-state index < -0.39 is 0 Å². The van der Waals surface area contributed by atoms with Gasteiger partial charge in [0, 0.05) is 4.83 Å². The van der Waals surface area contributed by atoms with Gasteiger partial charge in [0.05, 0.1) is 0 Å². The molecule has 1 aromatic carbocycles. The van der Waals surface area contributed by atoms with Gasteiger partial charge in [-0.15, -0.1) is 0 Å². The summed E-state index contributed by atoms with van der Waals surface area (Å²) < 4.78 is 13.0. The summed E-state index contributed by atoms with van der Waals surface area (Å²) in [4.78, 5) is 0.393. The van der Waals surface area contributed by atoms with Crippen LogP contribution in [0.15, 0.2) is 24.3 Å². The molecule has 14 heavy (non-hydrogen) atoms. The molecular formula is C12H16BrF. The Morgan fingerprint density at radius 1 is 1.21 bits per heavy atom. The second-order valence-corrected chi connectivity index (χ2v) is 5.09. The van der Waals surface area contributed by atoms with E-state index in [1.54, 1.807) is 12.1 Å². The van der Waals surface area contributed by atoms with Crippen molar-refractivity contribution < 1.29 is 4.39 Å². The zero-order valence-electron chi connectivity index (χ0n) is 8.80. The summed E-state index contributed by atoms with van der Waals surface area (Å²) in [5, 5.41) is 0. The highest BCUT2D eigenvalue weighted by Crippen LogP contribution is 2.29. The Kier molecular flexibility index (Phi) is 4.11. The molecule has 0 fully saturated rings. The van der Waals surface area contributed by atoms with E-state index in [-0.39, 0.29) is 5.82 Å². The van der Waals surface area contributed by atoms with Crippen molar-refractivity contribution in [1.82, 2.24) is 0 Å². The van der Waals surface area contributed by atoms with E-state index >= 15 is 0 Å². The van der Waals surface area contributed by atoms with E-state index in [1.165, 1.54) is 6.07 Å². The van der Waals surface area contributed by atoms with E-state index in [1.807, 2.05) is 6.07 Å². The van der Waals surface area contributed by atoms with Crippen LogP contribution in [-0.4, -0.2) is 4.83 Å². The third-order valence-electron chi connectivity index (χ3n) is 2.49. The predicted octanol–water partition coefficient (Wildman–Crippen LogP) is 4.35. The summed E-state index contributed by atoms with van der Waals surface area (Å²) in [6.45, 7) is 6.44. The maximum Gasteiger partial charge on any atom is 0.123 e. The van der Waals surface area contributed by atoms with Crippen LogP contribution in [0.3, 0.4) is 0 Å². The van der Waals surface area contributed by atoms with E-state index in [9.17, 15) is 4.39 Å². The third-order valence-corrected chi connectivity index (χ3v) is 4.34. The largest absolute Gasteiger partial charge is 0.207 e. The fraction of sp³-hybridized carbons (Fsp3) is 0.500. The molecular weight excluding hydrogens is 243 g/mol. The Labute approximate surface area is 93.7 Å². The van der Waals surface area contributed by atoms with E-state index in [4.69, 9.17) is 0 Å². The summed E-state index contributed by atoms with van der Waals surface area (Å²) in [7, 11) is 0. The fourth-order valence-electron chi connectivity index (χ4n) is 1.55. The first kappa shape index (κ1) is 11.7. The van der Waals surface area contributed by atoms with Gasteiger partial charge < -0.3 is 0 Å². The Hall–Kier alpha value is -0.370. The zero-order chi connectivity index (χ0) is 10.7. The summed E-state index contributed by atoms with van der Waals surface area (Å²) >= 11 is 3.65. The molecule has 0 nitrogen and oxygen atoms in total. The minimum absolute atomic E-state index is 0.155. The molecule has 1 rings (SSSR count). The Bertz CT molecular complexity index is 296. The maximum absolute atomic E-state index is 13.0. The molecule has 0 amide bonds. The van der Waals surface area contributed by atoms with Crippen molar-refractivity contribution in [2.24, 2.45) is 5.92 Å². The van der Waals surface area contributed by atoms with E-state index in [2.05, 4.69) is 36.7 Å². The molecule has 78 valence electrons. The van der Waals surface area contributed by atoms with Crippen LogP contribution < -0.4 is 0 Å². The van der Waals surface area contributed by atoms with Crippen LogP contribution in [0.2, 0.25) is 0 Å². The lowest BCUT2D eigenvalue weighted by Crippen LogP contribution is -2.15. The first-order chi connectivity index (χ1) is 6.52. The van der Waals surface area contributed by atoms with Crippen molar-refractivity contribution in [3.8, 4) is 0 Å². The van der Waals surface area contributed by atoms with E-state index in [0.717, 1.165) is 5.56 Å². The van der Waals surface area contributed by atoms with E-state index in [0.29, 0.717) is 16.7 Å². The molecule has 0 heterocycles. The molecule has 0 saturated carbocycles. The summed E-state index contributed by atoms with van der Waals surface area (Å²) in [6, 6.07) is 6.84. The number of rotatable bonds is 3. The first-order valence-electron chi connectivity index (χ1n) is 4.92. The quantitative estimate of drug-likeness (QED) is 0.708. The molecule has 2 unspecified atom stereocenters. The second kappa shape index (κ2) is 4.92. The lowest BCUT2D eigenvalue weighted by atomic mass is 9.92. The lowest BCUT2D eigenvalue weighted by Gasteiger charge is -2.22. The summed E-state index contributed by atoms with van der Waals surface area (Å²) in [5.74, 6) is 0.733. The molecule has 0 aromatic heterocycles. The van der Waals surface area contributed by atoms with Crippen LogP contribution in [-0.2, 0) is 0 Å². The van der Waals surface area contributed by atoms with Gasteiger partial charge in [0.25, 0.3) is 0 Å². The molecule has 2 atom stereocenters. The molecule has 0 spiro atoms. The Morgan fingerprint density at radius 2 is 1.86 bits per heavy atom. The number of hydrogen-bond acceptors (Lipinski definition) is 0. The Morgan fingerprint density at radius 3 is 2.36 bits per heavy atom. The van der Waals surface area contributed by atoms with Crippen molar-refractivity contribution in [3.05, 3.63) is 35.6 Å². The molecule has 0 N–H and O–H groups in total. The van der Waals surface area contributed by atoms with Gasteiger partial charge in [0.15, 0.2) is 0 Å². The molecule has 0 aliphatic carbocycles. The molecule has 0 radical (unpaired) electrons. The normalized spacial score (nSPS) is 15.6. The van der Waals surface area contributed by atoms with Gasteiger partial charge in [-0.05, 0) is 29.5 Å². The van der Waals surface area contributed by atoms with Crippen LogP contribution in [0.25, 0.3) is 0 Å². The predicted molar refractivity (Wildman–Crippen MR) is 62.4 cm³/mol. The van der Waals surface area contributed by atoms with Gasteiger partial charge in [-0.1, -0.05) is 48.8 Å². The van der Waals surface area contributed by atoms with Gasteiger partial charge in [-0.2, -0.15) is 0 Å². The van der Waals surface area contributed by atoms with Crippen LogP contribution in [0.4, 0.5) is 4.39 Å². The molecule has 0 aliphatic rings. The van der Waals surface area contributed by atoms with Crippen LogP contribution in [0, 0.1) is 11.7 Å². The number of benzene rings is 1. The SMILES string of the molecule is CC(C)C(Br)C(C)c1cccc(F)c1. The Balaban J connectivity index is 2.83. The summed E-state index contributed by atoms with van der Waals surface area (Å²) in [5.41, 5.74) is 1.06. The highest BCUT2D eigenvalue weighted by molar-refractivity contribution is 9.09. The molecule has 1 aromatic rings. The van der Waals surface area contributed by atoms with Gasteiger partial charge in [0.2, 0.25) is 0 Å². The average Bonchev–Trinajstić information content (AvgIpc) is 2.15. The molecule has 0 bridgehead atoms. The van der Waals surface area contributed by atoms with Crippen molar-refractivity contribution in [1.29, 1.82) is 0 Å². The number of alkyl halides is 1. The first-order valence-corrected chi connectivity index (χ1v) is 5.83. The van der Waals surface area contributed by atoms with Crippen LogP contribution >= 0.6 is 15.9 Å². The van der Waals surface area contributed by atoms with Gasteiger partial charge in [-0.25, -0.2) is 4.39 Å². The molecule has 0 saturated heterocycles. The van der Waals surface area contributed by atoms with Crippen molar-refractivity contribution in [2.45, 2.75) is 31.5 Å². The smallest absolute Gasteiger partial charge is 0.123 e. The minimum Gasteiger partial charge on any atom is -0.207 e. The molecule has 0 aliphatic heterocycles. The maximum atomic E-state index is 13.0. The monoisotopic (exact) mass is 258 g/mol. The second-order valence-electron chi connectivity index (χ2n) is 4.03. The van der Waals surface area contributed by atoms with Gasteiger partial charge in [0.1, 0.15) is 5.82 Å². The third kappa shape index (κ3) is 2.81. The summed E-state index contributed by atoms with van der Waals surface area (Å²) in [6.07, 6.45) is 0. The lowest BCUT2D eigenvalue weighted by molar-refractivity contribution is 0.546. The topological polar surface area (TPSA) is 0 Å². The van der Waals surface area contributed by atoms with Crippen LogP contribution in [0.5, 0.6) is 0 Å². The van der Waals surface area contributed by atoms with Crippen molar-refractivity contribution in [2.75, 3.05) is 0 Å². The fourth-order valence-corrected chi connectivity index (χ4v) is 1.86. The van der Waals surface area contributed by atoms with Gasteiger partial charge in [-0.3, -0.25) is 0 Å². The highest BCUT2D eigenvalue weighted by Gasteiger charge is 2.19. The highest BCUT2D eigenvalue weighted by atomic mass is 79.9.